The van der Waals surface area contributed by atoms with Crippen molar-refractivity contribution in [1.29, 1.82) is 5.41 Å². The molecule has 0 aliphatic rings. The first-order valence-corrected chi connectivity index (χ1v) is 8.65. The number of pyridine rings is 1. The van der Waals surface area contributed by atoms with Gasteiger partial charge in [0.25, 0.3) is 0 Å². The van der Waals surface area contributed by atoms with Crippen molar-refractivity contribution in [2.45, 2.75) is 27.0 Å². The van der Waals surface area contributed by atoms with Crippen molar-refractivity contribution in [2.75, 3.05) is 11.9 Å². The van der Waals surface area contributed by atoms with Crippen LogP contribution in [0, 0.1) is 11.3 Å². The highest BCUT2D eigenvalue weighted by Crippen LogP contribution is 2.33. The zero-order valence-electron chi connectivity index (χ0n) is 14.4. The number of nitrogens with zero attached hydrogens (tertiary/aromatic N) is 3. The van der Waals surface area contributed by atoms with Gasteiger partial charge in [-0.15, -0.1) is 11.3 Å². The predicted octanol–water partition coefficient (Wildman–Crippen LogP) is 2.30. The fourth-order valence-corrected chi connectivity index (χ4v) is 2.83. The Hall–Kier alpha value is -2.52. The molecule has 0 radical (unpaired) electrons. The number of aliphatic imine (C=N–C) groups is 1. The molecule has 9 heteroatoms. The summed E-state index contributed by atoms with van der Waals surface area (Å²) in [5, 5.41) is 20.7. The van der Waals surface area contributed by atoms with Crippen LogP contribution in [0.2, 0.25) is 0 Å². The van der Waals surface area contributed by atoms with Crippen LogP contribution >= 0.6 is 11.3 Å². The lowest BCUT2D eigenvalue weighted by molar-refractivity contribution is 0.152. The van der Waals surface area contributed by atoms with Crippen molar-refractivity contribution in [3.8, 4) is 16.5 Å². The van der Waals surface area contributed by atoms with Gasteiger partial charge in [-0.05, 0) is 25.0 Å². The molecule has 0 saturated carbocycles. The number of anilines is 1. The minimum Gasteiger partial charge on any atom is -0.477 e. The maximum absolute atomic E-state index is 9.95. The molecule has 134 valence electrons. The Morgan fingerprint density at radius 1 is 1.56 bits per heavy atom. The molecule has 0 aliphatic heterocycles. The monoisotopic (exact) mass is 362 g/mol. The Morgan fingerprint density at radius 2 is 2.32 bits per heavy atom. The second-order valence-electron chi connectivity index (χ2n) is 5.49. The average Bonchev–Trinajstić information content (AvgIpc) is 3.00. The van der Waals surface area contributed by atoms with Crippen molar-refractivity contribution >= 4 is 29.3 Å². The summed E-state index contributed by atoms with van der Waals surface area (Å²) in [6, 6.07) is 3.61. The van der Waals surface area contributed by atoms with Crippen molar-refractivity contribution < 1.29 is 9.84 Å². The molecule has 1 unspecified atom stereocenters. The summed E-state index contributed by atoms with van der Waals surface area (Å²) in [6.45, 7) is 6.12. The Kier molecular flexibility index (Phi) is 6.43. The zero-order chi connectivity index (χ0) is 18.4. The number of ether oxygens (including phenoxy) is 1. The molecule has 2 aromatic heterocycles. The molecule has 0 aliphatic carbocycles. The van der Waals surface area contributed by atoms with Gasteiger partial charge in [0.1, 0.15) is 34.1 Å². The second-order valence-corrected chi connectivity index (χ2v) is 6.49. The standard InChI is InChI=1S/C16H22N6O2S/c1-4-24-15-12(13(18)20-8-17)25-16(22-15)10-5-6-19-11(7-10)21-14(23)9(2)3/h5-9,14,23H,4H2,1-3H3,(H,19,21)(H3,17,18,20). The van der Waals surface area contributed by atoms with E-state index in [2.05, 4.69) is 20.3 Å². The number of aliphatic hydroxyl groups excluding tert-OH is 1. The number of rotatable bonds is 8. The van der Waals surface area contributed by atoms with E-state index in [1.165, 1.54) is 11.3 Å². The van der Waals surface area contributed by atoms with Crippen LogP contribution < -0.4 is 15.8 Å². The number of nitrogens with one attached hydrogen (secondary N) is 2. The Bertz CT molecular complexity index is 759. The quantitative estimate of drug-likeness (QED) is 0.324. The van der Waals surface area contributed by atoms with E-state index in [0.717, 1.165) is 11.9 Å². The molecule has 0 spiro atoms. The first kappa shape index (κ1) is 18.8. The lowest BCUT2D eigenvalue weighted by Crippen LogP contribution is -2.25. The summed E-state index contributed by atoms with van der Waals surface area (Å²) in [4.78, 5) is 13.1. The summed E-state index contributed by atoms with van der Waals surface area (Å²) < 4.78 is 5.52. The third kappa shape index (κ3) is 4.74. The molecule has 0 fully saturated rings. The first-order valence-electron chi connectivity index (χ1n) is 7.83. The zero-order valence-corrected chi connectivity index (χ0v) is 15.2. The van der Waals surface area contributed by atoms with E-state index in [0.29, 0.717) is 28.2 Å². The normalized spacial score (nSPS) is 12.9. The van der Waals surface area contributed by atoms with Crippen LogP contribution in [0.5, 0.6) is 5.88 Å². The SMILES string of the molecule is CCOc1nc(-c2ccnc(NC(O)C(C)C)c2)sc1C(N)=NC=N. The molecule has 2 rings (SSSR count). The molecule has 0 saturated heterocycles. The van der Waals surface area contributed by atoms with Gasteiger partial charge >= 0.3 is 0 Å². The molecule has 1 atom stereocenters. The molecular weight excluding hydrogens is 340 g/mol. The smallest absolute Gasteiger partial charge is 0.236 e. The lowest BCUT2D eigenvalue weighted by atomic mass is 10.2. The van der Waals surface area contributed by atoms with Crippen molar-refractivity contribution in [1.82, 2.24) is 9.97 Å². The number of thiazole rings is 1. The average molecular weight is 362 g/mol. The molecular formula is C16H22N6O2S. The van der Waals surface area contributed by atoms with Crippen LogP contribution in [-0.2, 0) is 0 Å². The molecule has 0 aromatic carbocycles. The maximum Gasteiger partial charge on any atom is 0.236 e. The van der Waals surface area contributed by atoms with E-state index < -0.39 is 6.23 Å². The van der Waals surface area contributed by atoms with Crippen LogP contribution in [0.1, 0.15) is 25.6 Å². The topological polar surface area (TPSA) is 130 Å². The van der Waals surface area contributed by atoms with Gasteiger partial charge in [-0.1, -0.05) is 13.8 Å². The predicted molar refractivity (Wildman–Crippen MR) is 100 cm³/mol. The Labute approximate surface area is 150 Å². The van der Waals surface area contributed by atoms with E-state index in [9.17, 15) is 5.11 Å². The Morgan fingerprint density at radius 3 is 2.96 bits per heavy atom. The second kappa shape index (κ2) is 8.54. The molecule has 0 bridgehead atoms. The number of hydrogen-bond donors (Lipinski definition) is 4. The Balaban J connectivity index is 2.36. The van der Waals surface area contributed by atoms with Crippen LogP contribution in [0.3, 0.4) is 0 Å². The van der Waals surface area contributed by atoms with E-state index in [-0.39, 0.29) is 11.8 Å². The van der Waals surface area contributed by atoms with Gasteiger partial charge in [0.05, 0.1) is 6.61 Å². The van der Waals surface area contributed by atoms with Gasteiger partial charge < -0.3 is 20.9 Å². The number of aromatic nitrogens is 2. The van der Waals surface area contributed by atoms with E-state index in [1.54, 1.807) is 12.3 Å². The summed E-state index contributed by atoms with van der Waals surface area (Å²) in [5.41, 5.74) is 6.70. The van der Waals surface area contributed by atoms with Gasteiger partial charge in [0.15, 0.2) is 0 Å². The summed E-state index contributed by atoms with van der Waals surface area (Å²) in [5.74, 6) is 1.18. The third-order valence-corrected chi connectivity index (χ3v) is 4.36. The van der Waals surface area contributed by atoms with Crippen molar-refractivity contribution in [3.63, 3.8) is 0 Å². The number of aliphatic hydroxyl groups is 1. The van der Waals surface area contributed by atoms with Gasteiger partial charge in [-0.25, -0.2) is 15.0 Å². The van der Waals surface area contributed by atoms with Crippen molar-refractivity contribution in [2.24, 2.45) is 16.6 Å². The minimum atomic E-state index is -0.691. The number of hydrogen-bond acceptors (Lipinski definition) is 7. The highest BCUT2D eigenvalue weighted by molar-refractivity contribution is 7.17. The van der Waals surface area contributed by atoms with E-state index >= 15 is 0 Å². The fourth-order valence-electron chi connectivity index (χ4n) is 1.91. The lowest BCUT2D eigenvalue weighted by Gasteiger charge is -2.16. The highest BCUT2D eigenvalue weighted by atomic mass is 32.1. The van der Waals surface area contributed by atoms with Gasteiger partial charge in [0.2, 0.25) is 5.88 Å². The highest BCUT2D eigenvalue weighted by Gasteiger charge is 2.17. The molecule has 0 amide bonds. The van der Waals surface area contributed by atoms with Crippen molar-refractivity contribution in [3.05, 3.63) is 23.2 Å². The van der Waals surface area contributed by atoms with Gasteiger partial charge in [0, 0.05) is 11.8 Å². The molecule has 8 nitrogen and oxygen atoms in total. The molecule has 5 N–H and O–H groups in total. The minimum absolute atomic E-state index is 0.0543. The van der Waals surface area contributed by atoms with Gasteiger partial charge in [-0.3, -0.25) is 5.41 Å². The number of nitrogens with two attached hydrogens (primary N) is 1. The van der Waals surface area contributed by atoms with Crippen LogP contribution in [0.4, 0.5) is 5.82 Å². The third-order valence-electron chi connectivity index (χ3n) is 3.25. The van der Waals surface area contributed by atoms with Crippen LogP contribution in [0.15, 0.2) is 23.3 Å². The first-order chi connectivity index (χ1) is 12.0. The molecule has 25 heavy (non-hydrogen) atoms. The fraction of sp³-hybridized carbons (Fsp3) is 0.375. The van der Waals surface area contributed by atoms with E-state index in [4.69, 9.17) is 15.9 Å². The maximum atomic E-state index is 9.95. The molecule has 2 aromatic rings. The van der Waals surface area contributed by atoms with E-state index in [1.807, 2.05) is 26.8 Å². The summed E-state index contributed by atoms with van der Waals surface area (Å²) >= 11 is 1.32. The number of amidine groups is 1. The summed E-state index contributed by atoms with van der Waals surface area (Å²) in [6.07, 6.45) is 1.83. The summed E-state index contributed by atoms with van der Waals surface area (Å²) in [7, 11) is 0. The largest absolute Gasteiger partial charge is 0.477 e. The van der Waals surface area contributed by atoms with Crippen LogP contribution in [0.25, 0.3) is 10.6 Å². The molecule has 2 heterocycles. The van der Waals surface area contributed by atoms with Gasteiger partial charge in [-0.2, -0.15) is 0 Å². The van der Waals surface area contributed by atoms with Crippen LogP contribution in [-0.4, -0.2) is 40.1 Å².